The highest BCUT2D eigenvalue weighted by atomic mass is 16.5. The van der Waals surface area contributed by atoms with Gasteiger partial charge < -0.3 is 20.3 Å². The number of esters is 1. The van der Waals surface area contributed by atoms with Gasteiger partial charge in [0.1, 0.15) is 0 Å². The molecule has 6 heteroatoms. The van der Waals surface area contributed by atoms with E-state index in [1.165, 1.54) is 360 Å². The van der Waals surface area contributed by atoms with Gasteiger partial charge in [-0.15, -0.1) is 0 Å². The molecule has 2 unspecified atom stereocenters. The standard InChI is InChI=1S/C78H151NO5/c1-3-5-7-9-11-13-15-17-19-21-22-32-35-39-42-46-50-54-58-62-66-70-76(81)75(74-80)79-77(82)71-67-63-59-55-51-47-43-40-36-33-30-28-26-24-23-25-27-29-31-34-37-41-45-49-53-57-61-65-69-73-84-78(83)72-68-64-60-56-52-48-44-38-20-18-16-14-12-10-8-6-4-2/h18,20,23,25,75-76,80-81H,3-17,19,21-22,24,26-74H2,1-2H3,(H,79,82)/b20-18-,25-23-. The molecule has 0 aromatic carbocycles. The van der Waals surface area contributed by atoms with E-state index in [2.05, 4.69) is 43.5 Å². The average Bonchev–Trinajstić information content (AvgIpc) is 3.51. The number of ether oxygens (including phenoxy) is 1. The molecule has 2 atom stereocenters. The van der Waals surface area contributed by atoms with Gasteiger partial charge in [-0.25, -0.2) is 0 Å². The van der Waals surface area contributed by atoms with Crippen LogP contribution in [-0.4, -0.2) is 47.4 Å². The van der Waals surface area contributed by atoms with Crippen LogP contribution in [0.25, 0.3) is 0 Å². The number of hydrogen-bond acceptors (Lipinski definition) is 5. The maximum Gasteiger partial charge on any atom is 0.305 e. The van der Waals surface area contributed by atoms with Crippen LogP contribution in [0.1, 0.15) is 438 Å². The summed E-state index contributed by atoms with van der Waals surface area (Å²) in [6.45, 7) is 5.00. The van der Waals surface area contributed by atoms with E-state index in [0.29, 0.717) is 25.9 Å². The smallest absolute Gasteiger partial charge is 0.305 e. The molecule has 84 heavy (non-hydrogen) atoms. The number of rotatable bonds is 73. The van der Waals surface area contributed by atoms with Gasteiger partial charge in [0.15, 0.2) is 0 Å². The van der Waals surface area contributed by atoms with Crippen molar-refractivity contribution in [3.63, 3.8) is 0 Å². The Labute approximate surface area is 526 Å². The molecule has 0 spiro atoms. The number of aliphatic hydroxyl groups is 2. The highest BCUT2D eigenvalue weighted by molar-refractivity contribution is 5.76. The Morgan fingerprint density at radius 1 is 0.321 bits per heavy atom. The molecular weight excluding hydrogens is 1030 g/mol. The molecular formula is C78H151NO5. The van der Waals surface area contributed by atoms with Crippen LogP contribution in [0.4, 0.5) is 0 Å². The molecule has 0 bridgehead atoms. The molecule has 0 aromatic heterocycles. The monoisotopic (exact) mass is 1180 g/mol. The van der Waals surface area contributed by atoms with Gasteiger partial charge in [0, 0.05) is 12.8 Å². The summed E-state index contributed by atoms with van der Waals surface area (Å²) >= 11 is 0. The van der Waals surface area contributed by atoms with Crippen LogP contribution < -0.4 is 5.32 Å². The lowest BCUT2D eigenvalue weighted by molar-refractivity contribution is -0.143. The zero-order valence-electron chi connectivity index (χ0n) is 57.2. The summed E-state index contributed by atoms with van der Waals surface area (Å²) in [5.74, 6) is -0.0149. The minimum Gasteiger partial charge on any atom is -0.466 e. The number of aliphatic hydroxyl groups excluding tert-OH is 2. The topological polar surface area (TPSA) is 95.9 Å². The fourth-order valence-electron chi connectivity index (χ4n) is 12.3. The molecule has 0 aromatic rings. The van der Waals surface area contributed by atoms with Crippen LogP contribution in [-0.2, 0) is 14.3 Å². The summed E-state index contributed by atoms with van der Waals surface area (Å²) in [7, 11) is 0. The molecule has 0 aliphatic carbocycles. The Hall–Kier alpha value is -1.66. The second kappa shape index (κ2) is 73.8. The molecule has 1 amide bonds. The molecule has 0 aliphatic rings. The van der Waals surface area contributed by atoms with Crippen LogP contribution in [0.5, 0.6) is 0 Å². The molecule has 0 saturated carbocycles. The summed E-state index contributed by atoms with van der Waals surface area (Å²) in [6.07, 6.45) is 93.9. The van der Waals surface area contributed by atoms with Gasteiger partial charge in [0.2, 0.25) is 5.91 Å². The van der Waals surface area contributed by atoms with Crippen LogP contribution in [0.15, 0.2) is 24.3 Å². The summed E-state index contributed by atoms with van der Waals surface area (Å²) in [5, 5.41) is 23.4. The van der Waals surface area contributed by atoms with Gasteiger partial charge in [-0.1, -0.05) is 372 Å². The Morgan fingerprint density at radius 3 is 0.845 bits per heavy atom. The van der Waals surface area contributed by atoms with Gasteiger partial charge in [-0.05, 0) is 77.0 Å². The average molecular weight is 1180 g/mol. The maximum atomic E-state index is 12.6. The zero-order chi connectivity index (χ0) is 60.6. The third-order valence-corrected chi connectivity index (χ3v) is 18.2. The Morgan fingerprint density at radius 2 is 0.560 bits per heavy atom. The van der Waals surface area contributed by atoms with Gasteiger partial charge in [0.05, 0.1) is 25.4 Å². The van der Waals surface area contributed by atoms with E-state index in [1.54, 1.807) is 0 Å². The van der Waals surface area contributed by atoms with Crippen molar-refractivity contribution < 1.29 is 24.5 Å². The van der Waals surface area contributed by atoms with Crippen molar-refractivity contribution >= 4 is 11.9 Å². The van der Waals surface area contributed by atoms with Crippen molar-refractivity contribution in [1.82, 2.24) is 5.32 Å². The first-order valence-corrected chi connectivity index (χ1v) is 38.6. The van der Waals surface area contributed by atoms with Crippen LogP contribution >= 0.6 is 0 Å². The summed E-state index contributed by atoms with van der Waals surface area (Å²) < 4.78 is 5.51. The van der Waals surface area contributed by atoms with E-state index in [4.69, 9.17) is 4.74 Å². The third kappa shape index (κ3) is 69.4. The number of nitrogens with one attached hydrogen (secondary N) is 1. The first-order chi connectivity index (χ1) is 41.5. The molecule has 3 N–H and O–H groups in total. The van der Waals surface area contributed by atoms with Crippen molar-refractivity contribution in [2.45, 2.75) is 450 Å². The highest BCUT2D eigenvalue weighted by Gasteiger charge is 2.20. The minimum absolute atomic E-state index is 0.0142. The first-order valence-electron chi connectivity index (χ1n) is 38.6. The summed E-state index contributed by atoms with van der Waals surface area (Å²) in [4.78, 5) is 24.7. The number of amides is 1. The van der Waals surface area contributed by atoms with Gasteiger partial charge in [-0.2, -0.15) is 0 Å². The summed E-state index contributed by atoms with van der Waals surface area (Å²) in [6, 6.07) is -0.542. The van der Waals surface area contributed by atoms with E-state index in [-0.39, 0.29) is 18.5 Å². The van der Waals surface area contributed by atoms with Crippen molar-refractivity contribution in [2.75, 3.05) is 13.2 Å². The lowest BCUT2D eigenvalue weighted by Crippen LogP contribution is -2.45. The van der Waals surface area contributed by atoms with Crippen LogP contribution in [0, 0.1) is 0 Å². The first kappa shape index (κ1) is 82.3. The maximum absolute atomic E-state index is 12.6. The Balaban J connectivity index is 3.36. The van der Waals surface area contributed by atoms with E-state index >= 15 is 0 Å². The Kier molecular flexibility index (Phi) is 72.3. The zero-order valence-corrected chi connectivity index (χ0v) is 57.2. The second-order valence-corrected chi connectivity index (χ2v) is 26.7. The fourth-order valence-corrected chi connectivity index (χ4v) is 12.3. The number of hydrogen-bond donors (Lipinski definition) is 3. The second-order valence-electron chi connectivity index (χ2n) is 26.7. The van der Waals surface area contributed by atoms with Crippen LogP contribution in [0.2, 0.25) is 0 Å². The SMILES string of the molecule is CCCCCCCC/C=C\CCCCCCCCCC(=O)OCCCCCCCCCCCCCC/C=C\CCCCCCCCCCCCCCCC(=O)NC(CO)C(O)CCCCCCCCCCCCCCCCCCCCCCC. The highest BCUT2D eigenvalue weighted by Crippen LogP contribution is 2.20. The quantitative estimate of drug-likeness (QED) is 0.0320. The molecule has 0 saturated heterocycles. The molecule has 0 fully saturated rings. The van der Waals surface area contributed by atoms with Gasteiger partial charge >= 0.3 is 5.97 Å². The van der Waals surface area contributed by atoms with E-state index in [1.807, 2.05) is 0 Å². The van der Waals surface area contributed by atoms with E-state index < -0.39 is 12.1 Å². The molecule has 0 aliphatic heterocycles. The molecule has 6 nitrogen and oxygen atoms in total. The normalized spacial score (nSPS) is 12.6. The number of carbonyl (C=O) groups excluding carboxylic acids is 2. The fraction of sp³-hybridized carbons (Fsp3) is 0.923. The number of carbonyl (C=O) groups is 2. The number of allylic oxidation sites excluding steroid dienone is 4. The van der Waals surface area contributed by atoms with E-state index in [0.717, 1.165) is 44.9 Å². The minimum atomic E-state index is -0.665. The van der Waals surface area contributed by atoms with Crippen molar-refractivity contribution in [3.8, 4) is 0 Å². The van der Waals surface area contributed by atoms with Crippen molar-refractivity contribution in [3.05, 3.63) is 24.3 Å². The predicted octanol–water partition coefficient (Wildman–Crippen LogP) is 25.3. The lowest BCUT2D eigenvalue weighted by Gasteiger charge is -2.22. The van der Waals surface area contributed by atoms with Crippen molar-refractivity contribution in [2.24, 2.45) is 0 Å². The Bertz CT molecular complexity index is 1320. The molecule has 498 valence electrons. The lowest BCUT2D eigenvalue weighted by atomic mass is 10.0. The van der Waals surface area contributed by atoms with Gasteiger partial charge in [-0.3, -0.25) is 9.59 Å². The molecule has 0 heterocycles. The van der Waals surface area contributed by atoms with Crippen LogP contribution in [0.3, 0.4) is 0 Å². The number of unbranched alkanes of at least 4 members (excludes halogenated alkanes) is 58. The predicted molar refractivity (Wildman–Crippen MR) is 370 cm³/mol. The van der Waals surface area contributed by atoms with Crippen molar-refractivity contribution in [1.29, 1.82) is 0 Å². The third-order valence-electron chi connectivity index (χ3n) is 18.2. The molecule has 0 rings (SSSR count). The molecule has 0 radical (unpaired) electrons. The summed E-state index contributed by atoms with van der Waals surface area (Å²) in [5.41, 5.74) is 0. The van der Waals surface area contributed by atoms with E-state index in [9.17, 15) is 19.8 Å². The van der Waals surface area contributed by atoms with Gasteiger partial charge in [0.25, 0.3) is 0 Å². The largest absolute Gasteiger partial charge is 0.466 e.